The Morgan fingerprint density at radius 3 is 2.18 bits per heavy atom. The van der Waals surface area contributed by atoms with E-state index >= 15 is 0 Å². The number of aliphatic hydroxyl groups is 1. The Morgan fingerprint density at radius 1 is 1.36 bits per heavy atom. The highest BCUT2D eigenvalue weighted by molar-refractivity contribution is 5.18. The van der Waals surface area contributed by atoms with Gasteiger partial charge in [-0.15, -0.1) is 0 Å². The standard InChI is InChI=1S/C10H18O/c1-5-7-9(6-2)8-10(3,4)11/h5-7,11H,8H2,1-4H3/b7-5-,9-6+. The molecule has 0 rings (SSSR count). The van der Waals surface area contributed by atoms with Gasteiger partial charge < -0.3 is 5.11 Å². The van der Waals surface area contributed by atoms with Crippen LogP contribution in [-0.4, -0.2) is 10.7 Å². The highest BCUT2D eigenvalue weighted by Crippen LogP contribution is 2.15. The van der Waals surface area contributed by atoms with Crippen molar-refractivity contribution in [1.29, 1.82) is 0 Å². The van der Waals surface area contributed by atoms with Gasteiger partial charge in [0.2, 0.25) is 0 Å². The van der Waals surface area contributed by atoms with Crippen molar-refractivity contribution >= 4 is 0 Å². The lowest BCUT2D eigenvalue weighted by Crippen LogP contribution is -2.18. The first-order valence-corrected chi connectivity index (χ1v) is 4.00. The first-order valence-electron chi connectivity index (χ1n) is 4.00. The molecule has 64 valence electrons. The van der Waals surface area contributed by atoms with Crippen molar-refractivity contribution in [3.05, 3.63) is 23.8 Å². The summed E-state index contributed by atoms with van der Waals surface area (Å²) in [4.78, 5) is 0. The molecule has 0 aliphatic rings. The molecule has 1 N–H and O–H groups in total. The number of hydrogen-bond donors (Lipinski definition) is 1. The van der Waals surface area contributed by atoms with Gasteiger partial charge in [0.15, 0.2) is 0 Å². The zero-order valence-corrected chi connectivity index (χ0v) is 7.89. The topological polar surface area (TPSA) is 20.2 Å². The first kappa shape index (κ1) is 10.4. The van der Waals surface area contributed by atoms with Gasteiger partial charge in [-0.1, -0.05) is 18.2 Å². The van der Waals surface area contributed by atoms with Crippen LogP contribution in [-0.2, 0) is 0 Å². The number of hydrogen-bond acceptors (Lipinski definition) is 1. The maximum absolute atomic E-state index is 9.47. The van der Waals surface area contributed by atoms with Gasteiger partial charge in [-0.2, -0.15) is 0 Å². The molecule has 0 heterocycles. The van der Waals surface area contributed by atoms with Crippen molar-refractivity contribution in [2.45, 2.75) is 39.7 Å². The van der Waals surface area contributed by atoms with Gasteiger partial charge in [-0.05, 0) is 33.3 Å². The third-order valence-electron chi connectivity index (χ3n) is 1.39. The molecule has 0 fully saturated rings. The van der Waals surface area contributed by atoms with E-state index < -0.39 is 5.60 Å². The van der Waals surface area contributed by atoms with Crippen molar-refractivity contribution < 1.29 is 5.11 Å². The Balaban J connectivity index is 4.12. The molecule has 1 heteroatoms. The summed E-state index contributed by atoms with van der Waals surface area (Å²) in [6.45, 7) is 7.61. The van der Waals surface area contributed by atoms with Crippen LogP contribution in [0.3, 0.4) is 0 Å². The summed E-state index contributed by atoms with van der Waals surface area (Å²) >= 11 is 0. The average molecular weight is 154 g/mol. The molecule has 0 aliphatic carbocycles. The van der Waals surface area contributed by atoms with Crippen molar-refractivity contribution in [2.24, 2.45) is 0 Å². The second-order valence-corrected chi connectivity index (χ2v) is 3.35. The Bertz CT molecular complexity index is 158. The molecule has 0 saturated heterocycles. The van der Waals surface area contributed by atoms with Gasteiger partial charge in [-0.3, -0.25) is 0 Å². The quantitative estimate of drug-likeness (QED) is 0.620. The third-order valence-corrected chi connectivity index (χ3v) is 1.39. The summed E-state index contributed by atoms with van der Waals surface area (Å²) in [7, 11) is 0. The second kappa shape index (κ2) is 4.35. The van der Waals surface area contributed by atoms with Gasteiger partial charge in [0, 0.05) is 6.42 Å². The van der Waals surface area contributed by atoms with Crippen LogP contribution >= 0.6 is 0 Å². The molecule has 0 aliphatic heterocycles. The average Bonchev–Trinajstić information content (AvgIpc) is 1.84. The molecular weight excluding hydrogens is 136 g/mol. The minimum Gasteiger partial charge on any atom is -0.390 e. The minimum atomic E-state index is -0.596. The molecule has 0 aromatic heterocycles. The Morgan fingerprint density at radius 2 is 1.91 bits per heavy atom. The van der Waals surface area contributed by atoms with Gasteiger partial charge in [-0.25, -0.2) is 0 Å². The van der Waals surface area contributed by atoms with Crippen molar-refractivity contribution in [3.63, 3.8) is 0 Å². The van der Waals surface area contributed by atoms with E-state index in [1.165, 1.54) is 5.57 Å². The normalized spacial score (nSPS) is 14.5. The Kier molecular flexibility index (Phi) is 4.12. The van der Waals surface area contributed by atoms with Crippen LogP contribution < -0.4 is 0 Å². The molecule has 0 spiro atoms. The Hall–Kier alpha value is -0.560. The molecule has 0 radical (unpaired) electrons. The van der Waals surface area contributed by atoms with Crippen LogP contribution in [0, 0.1) is 0 Å². The monoisotopic (exact) mass is 154 g/mol. The fraction of sp³-hybridized carbons (Fsp3) is 0.600. The third kappa shape index (κ3) is 5.86. The van der Waals surface area contributed by atoms with Gasteiger partial charge in [0.25, 0.3) is 0 Å². The van der Waals surface area contributed by atoms with E-state index in [9.17, 15) is 5.11 Å². The lowest BCUT2D eigenvalue weighted by Gasteiger charge is -2.17. The van der Waals surface area contributed by atoms with Gasteiger partial charge >= 0.3 is 0 Å². The van der Waals surface area contributed by atoms with Gasteiger partial charge in [0.1, 0.15) is 0 Å². The zero-order valence-electron chi connectivity index (χ0n) is 7.89. The zero-order chi connectivity index (χ0) is 8.91. The first-order chi connectivity index (χ1) is 4.99. The van der Waals surface area contributed by atoms with Crippen molar-refractivity contribution in [2.75, 3.05) is 0 Å². The summed E-state index contributed by atoms with van der Waals surface area (Å²) in [5.74, 6) is 0. The van der Waals surface area contributed by atoms with E-state index in [1.807, 2.05) is 45.9 Å². The Labute approximate surface area is 69.4 Å². The van der Waals surface area contributed by atoms with Crippen molar-refractivity contribution in [1.82, 2.24) is 0 Å². The highest BCUT2D eigenvalue weighted by atomic mass is 16.3. The summed E-state index contributed by atoms with van der Waals surface area (Å²) in [6, 6.07) is 0. The largest absolute Gasteiger partial charge is 0.390 e. The maximum Gasteiger partial charge on any atom is 0.0631 e. The molecule has 11 heavy (non-hydrogen) atoms. The van der Waals surface area contributed by atoms with Crippen LogP contribution in [0.25, 0.3) is 0 Å². The predicted molar refractivity (Wildman–Crippen MR) is 49.5 cm³/mol. The SMILES string of the molecule is C/C=C\C(=C/C)CC(C)(C)O. The van der Waals surface area contributed by atoms with Crippen LogP contribution in [0.1, 0.15) is 34.1 Å². The molecule has 0 bridgehead atoms. The summed E-state index contributed by atoms with van der Waals surface area (Å²) in [6.07, 6.45) is 6.75. The smallest absolute Gasteiger partial charge is 0.0631 e. The lowest BCUT2D eigenvalue weighted by molar-refractivity contribution is 0.0818. The predicted octanol–water partition coefficient (Wildman–Crippen LogP) is 2.67. The van der Waals surface area contributed by atoms with Crippen LogP contribution in [0.5, 0.6) is 0 Å². The molecule has 0 aromatic rings. The summed E-state index contributed by atoms with van der Waals surface area (Å²) in [5.41, 5.74) is 0.585. The lowest BCUT2D eigenvalue weighted by atomic mass is 9.98. The maximum atomic E-state index is 9.47. The fourth-order valence-corrected chi connectivity index (χ4v) is 0.971. The molecule has 0 amide bonds. The van der Waals surface area contributed by atoms with E-state index in [4.69, 9.17) is 0 Å². The second-order valence-electron chi connectivity index (χ2n) is 3.35. The van der Waals surface area contributed by atoms with Crippen LogP contribution in [0.4, 0.5) is 0 Å². The molecular formula is C10H18O. The van der Waals surface area contributed by atoms with Gasteiger partial charge in [0.05, 0.1) is 5.60 Å². The van der Waals surface area contributed by atoms with E-state index in [2.05, 4.69) is 0 Å². The molecule has 0 unspecified atom stereocenters. The molecule has 0 saturated carbocycles. The number of rotatable bonds is 3. The minimum absolute atomic E-state index is 0.596. The molecule has 1 nitrogen and oxygen atoms in total. The van der Waals surface area contributed by atoms with E-state index in [1.54, 1.807) is 0 Å². The van der Waals surface area contributed by atoms with E-state index in [0.29, 0.717) is 6.42 Å². The summed E-state index contributed by atoms with van der Waals surface area (Å²) < 4.78 is 0. The fourth-order valence-electron chi connectivity index (χ4n) is 0.971. The number of allylic oxidation sites excluding steroid dienone is 3. The molecule has 0 aromatic carbocycles. The molecule has 0 atom stereocenters. The summed E-state index contributed by atoms with van der Waals surface area (Å²) in [5, 5.41) is 9.47. The van der Waals surface area contributed by atoms with E-state index in [-0.39, 0.29) is 0 Å². The van der Waals surface area contributed by atoms with Crippen LogP contribution in [0.2, 0.25) is 0 Å². The highest BCUT2D eigenvalue weighted by Gasteiger charge is 2.12. The van der Waals surface area contributed by atoms with E-state index in [0.717, 1.165) is 0 Å². The van der Waals surface area contributed by atoms with Crippen LogP contribution in [0.15, 0.2) is 23.8 Å². The van der Waals surface area contributed by atoms with Crippen molar-refractivity contribution in [3.8, 4) is 0 Å².